The first-order chi connectivity index (χ1) is 10.3. The Morgan fingerprint density at radius 1 is 0.826 bits per heavy atom. The lowest BCUT2D eigenvalue weighted by atomic mass is 10.3. The first kappa shape index (κ1) is 21.2. The Morgan fingerprint density at radius 2 is 1.26 bits per heavy atom. The largest absolute Gasteiger partial charge is 1.00 e. The fourth-order valence-electron chi connectivity index (χ4n) is 2.08. The second kappa shape index (κ2) is 11.7. The molecule has 23 heavy (non-hydrogen) atoms. The molecule has 0 bridgehead atoms. The first-order valence-corrected chi connectivity index (χ1v) is 6.65. The predicted octanol–water partition coefficient (Wildman–Crippen LogP) is -5.02. The molecule has 0 amide bonds. The molecule has 0 atom stereocenters. The van der Waals surface area contributed by atoms with E-state index in [0.717, 1.165) is 30.6 Å². The summed E-state index contributed by atoms with van der Waals surface area (Å²) < 4.78 is 4.10. The molecule has 0 aromatic carbocycles. The molecule has 6 nitrogen and oxygen atoms in total. The van der Waals surface area contributed by atoms with Gasteiger partial charge in [0.2, 0.25) is 0 Å². The van der Waals surface area contributed by atoms with E-state index in [4.69, 9.17) is 10.4 Å². The van der Waals surface area contributed by atoms with Gasteiger partial charge in [-0.05, 0) is 12.1 Å². The fraction of sp³-hybridized carbons (Fsp3) is 0.200. The molecule has 2 N–H and O–H groups in total. The molecule has 2 aromatic rings. The van der Waals surface area contributed by atoms with Crippen molar-refractivity contribution in [1.82, 2.24) is 0 Å². The molecule has 2 aromatic heterocycles. The molecule has 0 radical (unpaired) electrons. The Hall–Kier alpha value is -1.80. The van der Waals surface area contributed by atoms with Gasteiger partial charge < -0.3 is 44.4 Å². The van der Waals surface area contributed by atoms with Crippen LogP contribution in [0.15, 0.2) is 59.4 Å². The third kappa shape index (κ3) is 7.34. The lowest BCUT2D eigenvalue weighted by Gasteiger charge is -1.98. The lowest BCUT2D eigenvalue weighted by Crippen LogP contribution is -3.00. The van der Waals surface area contributed by atoms with E-state index < -0.39 is 0 Å². The second-order valence-corrected chi connectivity index (χ2v) is 4.59. The number of nitrogens with zero attached hydrogens (tertiary/aromatic N) is 4. The van der Waals surface area contributed by atoms with Gasteiger partial charge in [0.1, 0.15) is 0 Å². The van der Waals surface area contributed by atoms with Crippen molar-refractivity contribution in [2.45, 2.75) is 19.5 Å². The average Bonchev–Trinajstić information content (AvgIpc) is 2.49. The number of rotatable bonds is 6. The van der Waals surface area contributed by atoms with E-state index in [9.17, 15) is 0 Å². The van der Waals surface area contributed by atoms with Crippen molar-refractivity contribution in [1.29, 1.82) is 0 Å². The number of aryl methyl sites for hydroxylation is 2. The molecule has 0 saturated heterocycles. The minimum Gasteiger partial charge on any atom is -1.00 e. The summed E-state index contributed by atoms with van der Waals surface area (Å²) in [7, 11) is 0. The quantitative estimate of drug-likeness (QED) is 0.202. The van der Waals surface area contributed by atoms with Gasteiger partial charge in [-0.25, -0.2) is 9.13 Å². The van der Waals surface area contributed by atoms with Crippen LogP contribution in [0.4, 0.5) is 0 Å². The molecular formula is C15H18Br2N4O2. The van der Waals surface area contributed by atoms with Gasteiger partial charge >= 0.3 is 0 Å². The van der Waals surface area contributed by atoms with Gasteiger partial charge in [-0.15, -0.1) is 0 Å². The third-order valence-corrected chi connectivity index (χ3v) is 3.01. The molecule has 0 spiro atoms. The van der Waals surface area contributed by atoms with Crippen molar-refractivity contribution in [3.8, 4) is 0 Å². The maximum atomic E-state index is 8.53. The Kier molecular flexibility index (Phi) is 10.8. The molecule has 0 saturated carbocycles. The van der Waals surface area contributed by atoms with Crippen LogP contribution in [-0.4, -0.2) is 22.8 Å². The number of hydrogen-bond donors (Lipinski definition) is 2. The molecule has 8 heteroatoms. The standard InChI is InChI=1S/C15H16N4O2.2BrH/c20-16-10-14-4-1-6-18(12-14)8-3-9-19-7-2-5-15(13-19)11-17-21;;/h1-2,4-7,10-13H,3,8-9H2;2*1H/b16-10+,17-11+;;. The minimum absolute atomic E-state index is 0. The lowest BCUT2D eigenvalue weighted by molar-refractivity contribution is -0.727. The summed E-state index contributed by atoms with van der Waals surface area (Å²) in [6.07, 6.45) is 11.6. The normalized spacial score (nSPS) is 10.4. The number of halogens is 2. The number of hydrogen-bond acceptors (Lipinski definition) is 4. The SMILES string of the molecule is O/N=C/c1ccc[n+](CCC[n+]2cccc(/C=N/O)c2)c1.[Br-].[Br-]. The van der Waals surface area contributed by atoms with Gasteiger partial charge in [-0.2, -0.15) is 0 Å². The predicted molar refractivity (Wildman–Crippen MR) is 76.7 cm³/mol. The van der Waals surface area contributed by atoms with Crippen molar-refractivity contribution in [3.05, 3.63) is 60.2 Å². The highest BCUT2D eigenvalue weighted by Crippen LogP contribution is 1.92. The molecule has 2 heterocycles. The molecule has 0 fully saturated rings. The van der Waals surface area contributed by atoms with E-state index in [1.165, 1.54) is 12.4 Å². The maximum Gasteiger partial charge on any atom is 0.177 e. The first-order valence-electron chi connectivity index (χ1n) is 6.65. The highest BCUT2D eigenvalue weighted by Gasteiger charge is 2.06. The van der Waals surface area contributed by atoms with Crippen molar-refractivity contribution in [3.63, 3.8) is 0 Å². The second-order valence-electron chi connectivity index (χ2n) is 4.59. The van der Waals surface area contributed by atoms with Gasteiger partial charge in [0.15, 0.2) is 37.9 Å². The molecule has 2 rings (SSSR count). The Balaban J connectivity index is 0.00000242. The maximum absolute atomic E-state index is 8.53. The van der Waals surface area contributed by atoms with Crippen LogP contribution in [0, 0.1) is 0 Å². The Morgan fingerprint density at radius 3 is 1.65 bits per heavy atom. The third-order valence-electron chi connectivity index (χ3n) is 3.01. The summed E-state index contributed by atoms with van der Waals surface area (Å²) in [6.45, 7) is 1.72. The summed E-state index contributed by atoms with van der Waals surface area (Å²) in [5, 5.41) is 23.1. The molecule has 0 aliphatic rings. The van der Waals surface area contributed by atoms with E-state index in [1.807, 2.05) is 49.1 Å². The molecular weight excluding hydrogens is 428 g/mol. The number of pyridine rings is 2. The summed E-state index contributed by atoms with van der Waals surface area (Å²) in [4.78, 5) is 0. The minimum atomic E-state index is 0. The zero-order chi connectivity index (χ0) is 14.9. The summed E-state index contributed by atoms with van der Waals surface area (Å²) in [5.41, 5.74) is 1.71. The zero-order valence-electron chi connectivity index (χ0n) is 12.3. The monoisotopic (exact) mass is 444 g/mol. The van der Waals surface area contributed by atoms with Crippen LogP contribution in [0.5, 0.6) is 0 Å². The summed E-state index contributed by atoms with van der Waals surface area (Å²) >= 11 is 0. The van der Waals surface area contributed by atoms with Crippen LogP contribution in [-0.2, 0) is 13.1 Å². The summed E-state index contributed by atoms with van der Waals surface area (Å²) in [6, 6.07) is 7.59. The van der Waals surface area contributed by atoms with Crippen LogP contribution in [0.2, 0.25) is 0 Å². The van der Waals surface area contributed by atoms with Crippen molar-refractivity contribution in [2.24, 2.45) is 10.3 Å². The molecule has 0 unspecified atom stereocenters. The van der Waals surface area contributed by atoms with Crippen LogP contribution in [0.25, 0.3) is 0 Å². The Bertz CT molecular complexity index is 595. The number of aromatic nitrogens is 2. The van der Waals surface area contributed by atoms with Crippen molar-refractivity contribution < 1.29 is 53.5 Å². The smallest absolute Gasteiger partial charge is 0.177 e. The van der Waals surface area contributed by atoms with Crippen LogP contribution >= 0.6 is 0 Å². The topological polar surface area (TPSA) is 72.9 Å². The van der Waals surface area contributed by atoms with Crippen molar-refractivity contribution in [2.75, 3.05) is 0 Å². The zero-order valence-corrected chi connectivity index (χ0v) is 15.5. The van der Waals surface area contributed by atoms with Crippen LogP contribution in [0.1, 0.15) is 17.5 Å². The van der Waals surface area contributed by atoms with Gasteiger partial charge in [0.05, 0.1) is 30.0 Å². The highest BCUT2D eigenvalue weighted by molar-refractivity contribution is 5.78. The fourth-order valence-corrected chi connectivity index (χ4v) is 2.08. The molecule has 0 aliphatic heterocycles. The molecule has 0 aliphatic carbocycles. The summed E-state index contributed by atoms with van der Waals surface area (Å²) in [5.74, 6) is 0. The van der Waals surface area contributed by atoms with E-state index in [0.29, 0.717) is 0 Å². The van der Waals surface area contributed by atoms with Crippen molar-refractivity contribution >= 4 is 12.4 Å². The van der Waals surface area contributed by atoms with Gasteiger partial charge in [0, 0.05) is 12.1 Å². The van der Waals surface area contributed by atoms with Gasteiger partial charge in [-0.1, -0.05) is 10.3 Å². The van der Waals surface area contributed by atoms with E-state index >= 15 is 0 Å². The van der Waals surface area contributed by atoms with Gasteiger partial charge in [-0.3, -0.25) is 0 Å². The van der Waals surface area contributed by atoms with Gasteiger partial charge in [0.25, 0.3) is 0 Å². The highest BCUT2D eigenvalue weighted by atomic mass is 79.9. The van der Waals surface area contributed by atoms with Crippen LogP contribution in [0.3, 0.4) is 0 Å². The number of oxime groups is 2. The Labute approximate surface area is 155 Å². The van der Waals surface area contributed by atoms with E-state index in [-0.39, 0.29) is 34.0 Å². The molecule has 124 valence electrons. The average molecular weight is 446 g/mol. The van der Waals surface area contributed by atoms with Crippen LogP contribution < -0.4 is 43.1 Å². The van der Waals surface area contributed by atoms with E-state index in [2.05, 4.69) is 19.4 Å². The van der Waals surface area contributed by atoms with E-state index in [1.54, 1.807) is 0 Å².